The number of benzene rings is 1. The maximum atomic E-state index is 12.1. The van der Waals surface area contributed by atoms with Crippen LogP contribution >= 0.6 is 0 Å². The predicted octanol–water partition coefficient (Wildman–Crippen LogP) is 5.47. The molecule has 0 aromatic heterocycles. The van der Waals surface area contributed by atoms with Gasteiger partial charge in [0, 0.05) is 11.4 Å². The first kappa shape index (κ1) is 20.8. The summed E-state index contributed by atoms with van der Waals surface area (Å²) in [6.45, 7) is 13.2. The fraction of sp³-hybridized carbons (Fsp3) is 0.579. The number of ether oxygens (including phenoxy) is 2. The highest BCUT2D eigenvalue weighted by Crippen LogP contribution is 2.23. The SMILES string of the molecule is CCC(C)(C)OC(=O)Nc1ccc(C)c(NC(=O)OC(C)(C)CC)c1. The monoisotopic (exact) mass is 350 g/mol. The molecule has 0 radical (unpaired) electrons. The Bertz CT molecular complexity index is 624. The molecule has 25 heavy (non-hydrogen) atoms. The van der Waals surface area contributed by atoms with Crippen molar-refractivity contribution in [2.45, 2.75) is 72.5 Å². The lowest BCUT2D eigenvalue weighted by Gasteiger charge is -2.24. The number of rotatable bonds is 6. The van der Waals surface area contributed by atoms with Crippen molar-refractivity contribution < 1.29 is 19.1 Å². The third-order valence-corrected chi connectivity index (χ3v) is 4.16. The lowest BCUT2D eigenvalue weighted by Crippen LogP contribution is -2.30. The molecule has 2 N–H and O–H groups in total. The summed E-state index contributed by atoms with van der Waals surface area (Å²) >= 11 is 0. The van der Waals surface area contributed by atoms with E-state index in [-0.39, 0.29) is 0 Å². The molecule has 0 atom stereocenters. The second-order valence-electron chi connectivity index (χ2n) is 7.29. The topological polar surface area (TPSA) is 76.7 Å². The van der Waals surface area contributed by atoms with Gasteiger partial charge in [0.15, 0.2) is 0 Å². The molecule has 0 saturated carbocycles. The average molecular weight is 350 g/mol. The van der Waals surface area contributed by atoms with Crippen LogP contribution in [0.1, 0.15) is 59.9 Å². The number of hydrogen-bond donors (Lipinski definition) is 2. The maximum Gasteiger partial charge on any atom is 0.412 e. The molecule has 2 amide bonds. The summed E-state index contributed by atoms with van der Waals surface area (Å²) in [5.74, 6) is 0. The Morgan fingerprint density at radius 2 is 1.40 bits per heavy atom. The summed E-state index contributed by atoms with van der Waals surface area (Å²) in [5.41, 5.74) is 0.894. The third kappa shape index (κ3) is 7.03. The van der Waals surface area contributed by atoms with Gasteiger partial charge in [-0.3, -0.25) is 10.6 Å². The molecule has 0 aliphatic heterocycles. The fourth-order valence-electron chi connectivity index (χ4n) is 1.76. The first-order valence-corrected chi connectivity index (χ1v) is 8.58. The van der Waals surface area contributed by atoms with Crippen molar-refractivity contribution in [1.29, 1.82) is 0 Å². The molecule has 6 nitrogen and oxygen atoms in total. The summed E-state index contributed by atoms with van der Waals surface area (Å²) in [5, 5.41) is 5.40. The molecule has 0 unspecified atom stereocenters. The van der Waals surface area contributed by atoms with Gasteiger partial charge in [0.25, 0.3) is 0 Å². The molecule has 0 spiro atoms. The smallest absolute Gasteiger partial charge is 0.412 e. The minimum atomic E-state index is -0.538. The van der Waals surface area contributed by atoms with Gasteiger partial charge in [-0.15, -0.1) is 0 Å². The molecule has 0 aliphatic carbocycles. The van der Waals surface area contributed by atoms with Crippen LogP contribution in [0.25, 0.3) is 0 Å². The highest BCUT2D eigenvalue weighted by molar-refractivity contribution is 5.89. The van der Waals surface area contributed by atoms with Gasteiger partial charge in [0.05, 0.1) is 0 Å². The lowest BCUT2D eigenvalue weighted by atomic mass is 10.1. The van der Waals surface area contributed by atoms with Crippen LogP contribution in [0.5, 0.6) is 0 Å². The Balaban J connectivity index is 2.79. The zero-order chi connectivity index (χ0) is 19.3. The zero-order valence-electron chi connectivity index (χ0n) is 16.3. The van der Waals surface area contributed by atoms with Gasteiger partial charge in [0.1, 0.15) is 11.2 Å². The van der Waals surface area contributed by atoms with Crippen LogP contribution in [-0.4, -0.2) is 23.4 Å². The Labute approximate surface area is 150 Å². The Morgan fingerprint density at radius 1 is 0.920 bits per heavy atom. The second-order valence-corrected chi connectivity index (χ2v) is 7.29. The number of anilines is 2. The van der Waals surface area contributed by atoms with E-state index in [4.69, 9.17) is 9.47 Å². The first-order chi connectivity index (χ1) is 11.5. The largest absolute Gasteiger partial charge is 0.443 e. The lowest BCUT2D eigenvalue weighted by molar-refractivity contribution is 0.0453. The summed E-state index contributed by atoms with van der Waals surface area (Å²) < 4.78 is 10.7. The molecule has 1 aromatic carbocycles. The van der Waals surface area contributed by atoms with Gasteiger partial charge in [0.2, 0.25) is 0 Å². The Morgan fingerprint density at radius 3 is 1.88 bits per heavy atom. The van der Waals surface area contributed by atoms with Crippen LogP contribution in [0.2, 0.25) is 0 Å². The summed E-state index contributed by atoms with van der Waals surface area (Å²) in [4.78, 5) is 24.0. The Kier molecular flexibility index (Phi) is 6.85. The average Bonchev–Trinajstić information content (AvgIpc) is 2.49. The van der Waals surface area contributed by atoms with E-state index in [2.05, 4.69) is 10.6 Å². The van der Waals surface area contributed by atoms with Crippen molar-refractivity contribution in [1.82, 2.24) is 0 Å². The molecule has 6 heteroatoms. The van der Waals surface area contributed by atoms with Crippen LogP contribution in [0, 0.1) is 6.92 Å². The summed E-state index contributed by atoms with van der Waals surface area (Å²) in [7, 11) is 0. The molecular formula is C19H30N2O4. The molecule has 1 rings (SSSR count). The van der Waals surface area contributed by atoms with Crippen molar-refractivity contribution in [2.75, 3.05) is 10.6 Å². The fourth-order valence-corrected chi connectivity index (χ4v) is 1.76. The van der Waals surface area contributed by atoms with E-state index < -0.39 is 23.4 Å². The van der Waals surface area contributed by atoms with Gasteiger partial charge in [-0.1, -0.05) is 19.9 Å². The highest BCUT2D eigenvalue weighted by atomic mass is 16.6. The second kappa shape index (κ2) is 8.23. The van der Waals surface area contributed by atoms with Crippen LogP contribution in [0.4, 0.5) is 21.0 Å². The zero-order valence-corrected chi connectivity index (χ0v) is 16.3. The normalized spacial score (nSPS) is 11.6. The molecule has 140 valence electrons. The maximum absolute atomic E-state index is 12.1. The number of nitrogens with one attached hydrogen (secondary N) is 2. The summed E-state index contributed by atoms with van der Waals surface area (Å²) in [6.07, 6.45) is 0.360. The molecule has 0 heterocycles. The number of carbonyl (C=O) groups excluding carboxylic acids is 2. The molecule has 0 fully saturated rings. The number of hydrogen-bond acceptors (Lipinski definition) is 4. The van der Waals surface area contributed by atoms with Gasteiger partial charge < -0.3 is 9.47 Å². The number of aryl methyl sites for hydroxylation is 1. The van der Waals surface area contributed by atoms with Crippen molar-refractivity contribution in [3.63, 3.8) is 0 Å². The van der Waals surface area contributed by atoms with E-state index in [0.717, 1.165) is 5.56 Å². The van der Waals surface area contributed by atoms with E-state index in [1.165, 1.54) is 0 Å². The van der Waals surface area contributed by atoms with Crippen LogP contribution in [0.15, 0.2) is 18.2 Å². The standard InChI is InChI=1S/C19H30N2O4/c1-8-18(4,5)24-16(22)20-14-11-10-13(3)15(12-14)21-17(23)25-19(6,7)9-2/h10-12H,8-9H2,1-7H3,(H,20,22)(H,21,23). The molecule has 0 aliphatic rings. The summed E-state index contributed by atoms with van der Waals surface area (Å²) in [6, 6.07) is 5.24. The Hall–Kier alpha value is -2.24. The van der Waals surface area contributed by atoms with Crippen molar-refractivity contribution >= 4 is 23.6 Å². The van der Waals surface area contributed by atoms with E-state index in [9.17, 15) is 9.59 Å². The van der Waals surface area contributed by atoms with Gasteiger partial charge in [-0.2, -0.15) is 0 Å². The van der Waals surface area contributed by atoms with Gasteiger partial charge >= 0.3 is 12.2 Å². The van der Waals surface area contributed by atoms with Gasteiger partial charge in [-0.05, 0) is 65.2 Å². The number of amides is 2. The first-order valence-electron chi connectivity index (χ1n) is 8.58. The van der Waals surface area contributed by atoms with E-state index in [1.54, 1.807) is 18.2 Å². The van der Waals surface area contributed by atoms with Crippen molar-refractivity contribution in [3.8, 4) is 0 Å². The predicted molar refractivity (Wildman–Crippen MR) is 100 cm³/mol. The molecular weight excluding hydrogens is 320 g/mol. The van der Waals surface area contributed by atoms with E-state index in [0.29, 0.717) is 24.2 Å². The van der Waals surface area contributed by atoms with Crippen molar-refractivity contribution in [3.05, 3.63) is 23.8 Å². The molecule has 0 saturated heterocycles. The highest BCUT2D eigenvalue weighted by Gasteiger charge is 2.22. The quantitative estimate of drug-likeness (QED) is 0.713. The van der Waals surface area contributed by atoms with Crippen LogP contribution in [-0.2, 0) is 9.47 Å². The van der Waals surface area contributed by atoms with Crippen LogP contribution in [0.3, 0.4) is 0 Å². The van der Waals surface area contributed by atoms with Crippen LogP contribution < -0.4 is 10.6 Å². The third-order valence-electron chi connectivity index (χ3n) is 4.16. The van der Waals surface area contributed by atoms with Crippen molar-refractivity contribution in [2.24, 2.45) is 0 Å². The molecule has 0 bridgehead atoms. The van der Waals surface area contributed by atoms with Gasteiger partial charge in [-0.25, -0.2) is 9.59 Å². The van der Waals surface area contributed by atoms with E-state index >= 15 is 0 Å². The number of carbonyl (C=O) groups is 2. The van der Waals surface area contributed by atoms with E-state index in [1.807, 2.05) is 48.5 Å². The molecule has 1 aromatic rings. The minimum absolute atomic E-state index is 0.526. The minimum Gasteiger partial charge on any atom is -0.443 e.